The van der Waals surface area contributed by atoms with Gasteiger partial charge in [0.2, 0.25) is 0 Å². The third kappa shape index (κ3) is 6.39. The SMILES string of the molecule is CCCNC(CCOCC)Cc1cccnc1. The predicted octanol–water partition coefficient (Wildman–Crippen LogP) is 2.42. The Morgan fingerprint density at radius 3 is 2.94 bits per heavy atom. The van der Waals surface area contributed by atoms with Crippen molar-refractivity contribution in [3.05, 3.63) is 30.1 Å². The van der Waals surface area contributed by atoms with Crippen LogP contribution in [0.25, 0.3) is 0 Å². The van der Waals surface area contributed by atoms with E-state index in [0.29, 0.717) is 6.04 Å². The molecule has 3 nitrogen and oxygen atoms in total. The van der Waals surface area contributed by atoms with Gasteiger partial charge in [-0.05, 0) is 44.4 Å². The summed E-state index contributed by atoms with van der Waals surface area (Å²) >= 11 is 0. The van der Waals surface area contributed by atoms with E-state index >= 15 is 0 Å². The van der Waals surface area contributed by atoms with Crippen molar-refractivity contribution < 1.29 is 4.74 Å². The molecule has 17 heavy (non-hydrogen) atoms. The van der Waals surface area contributed by atoms with Gasteiger partial charge in [0.05, 0.1) is 0 Å². The Kier molecular flexibility index (Phi) is 7.60. The highest BCUT2D eigenvalue weighted by Gasteiger charge is 2.08. The summed E-state index contributed by atoms with van der Waals surface area (Å²) in [5, 5.41) is 3.57. The summed E-state index contributed by atoms with van der Waals surface area (Å²) in [5.74, 6) is 0. The van der Waals surface area contributed by atoms with Crippen molar-refractivity contribution in [1.82, 2.24) is 10.3 Å². The van der Waals surface area contributed by atoms with E-state index in [1.807, 2.05) is 25.4 Å². The Bertz CT molecular complexity index is 277. The first-order chi connectivity index (χ1) is 8.36. The molecule has 1 aromatic heterocycles. The quantitative estimate of drug-likeness (QED) is 0.669. The van der Waals surface area contributed by atoms with Crippen molar-refractivity contribution >= 4 is 0 Å². The van der Waals surface area contributed by atoms with Crippen molar-refractivity contribution in [1.29, 1.82) is 0 Å². The molecule has 0 radical (unpaired) electrons. The van der Waals surface area contributed by atoms with Gasteiger partial charge in [0.25, 0.3) is 0 Å². The Labute approximate surface area is 105 Å². The molecule has 1 atom stereocenters. The number of hydrogen-bond donors (Lipinski definition) is 1. The number of rotatable bonds is 9. The lowest BCUT2D eigenvalue weighted by molar-refractivity contribution is 0.136. The minimum atomic E-state index is 0.491. The molecule has 0 aliphatic rings. The van der Waals surface area contributed by atoms with E-state index in [1.54, 1.807) is 0 Å². The molecular formula is C14H24N2O. The zero-order valence-corrected chi connectivity index (χ0v) is 11.0. The van der Waals surface area contributed by atoms with Crippen LogP contribution in [-0.2, 0) is 11.2 Å². The third-order valence-corrected chi connectivity index (χ3v) is 2.70. The average molecular weight is 236 g/mol. The van der Waals surface area contributed by atoms with Crippen LogP contribution in [0.15, 0.2) is 24.5 Å². The average Bonchev–Trinajstić information content (AvgIpc) is 2.37. The highest BCUT2D eigenvalue weighted by Crippen LogP contribution is 2.05. The molecule has 0 spiro atoms. The fourth-order valence-electron chi connectivity index (χ4n) is 1.80. The number of nitrogens with zero attached hydrogens (tertiary/aromatic N) is 1. The summed E-state index contributed by atoms with van der Waals surface area (Å²) in [7, 11) is 0. The highest BCUT2D eigenvalue weighted by atomic mass is 16.5. The summed E-state index contributed by atoms with van der Waals surface area (Å²) < 4.78 is 5.43. The Hall–Kier alpha value is -0.930. The van der Waals surface area contributed by atoms with Crippen LogP contribution < -0.4 is 5.32 Å². The first-order valence-corrected chi connectivity index (χ1v) is 6.56. The van der Waals surface area contributed by atoms with E-state index in [4.69, 9.17) is 4.74 Å². The van der Waals surface area contributed by atoms with Gasteiger partial charge in [-0.15, -0.1) is 0 Å². The lowest BCUT2D eigenvalue weighted by atomic mass is 10.1. The summed E-state index contributed by atoms with van der Waals surface area (Å²) in [6, 6.07) is 4.62. The fourth-order valence-corrected chi connectivity index (χ4v) is 1.80. The highest BCUT2D eigenvalue weighted by molar-refractivity contribution is 5.10. The van der Waals surface area contributed by atoms with Crippen LogP contribution in [0.5, 0.6) is 0 Å². The zero-order chi connectivity index (χ0) is 12.3. The number of pyridine rings is 1. The molecule has 1 heterocycles. The van der Waals surface area contributed by atoms with Crippen molar-refractivity contribution in [2.45, 2.75) is 39.2 Å². The molecule has 0 aliphatic heterocycles. The van der Waals surface area contributed by atoms with Gasteiger partial charge in [-0.25, -0.2) is 0 Å². The van der Waals surface area contributed by atoms with Crippen molar-refractivity contribution in [2.24, 2.45) is 0 Å². The largest absolute Gasteiger partial charge is 0.382 e. The van der Waals surface area contributed by atoms with Gasteiger partial charge in [0, 0.05) is 31.6 Å². The van der Waals surface area contributed by atoms with Crippen molar-refractivity contribution in [3.8, 4) is 0 Å². The number of ether oxygens (including phenoxy) is 1. The lowest BCUT2D eigenvalue weighted by Gasteiger charge is -2.18. The molecule has 1 N–H and O–H groups in total. The smallest absolute Gasteiger partial charge is 0.0480 e. The number of aromatic nitrogens is 1. The van der Waals surface area contributed by atoms with E-state index in [2.05, 4.69) is 23.3 Å². The molecule has 0 amide bonds. The van der Waals surface area contributed by atoms with Gasteiger partial charge >= 0.3 is 0 Å². The van der Waals surface area contributed by atoms with Crippen molar-refractivity contribution in [2.75, 3.05) is 19.8 Å². The normalized spacial score (nSPS) is 12.6. The molecule has 0 saturated carbocycles. The van der Waals surface area contributed by atoms with E-state index in [0.717, 1.165) is 39.0 Å². The minimum absolute atomic E-state index is 0.491. The van der Waals surface area contributed by atoms with Gasteiger partial charge in [-0.2, -0.15) is 0 Å². The van der Waals surface area contributed by atoms with Gasteiger partial charge < -0.3 is 10.1 Å². The van der Waals surface area contributed by atoms with Crippen LogP contribution in [0, 0.1) is 0 Å². The van der Waals surface area contributed by atoms with Crippen LogP contribution in [0.2, 0.25) is 0 Å². The summed E-state index contributed by atoms with van der Waals surface area (Å²) in [6.07, 6.45) is 7.02. The van der Waals surface area contributed by atoms with Gasteiger partial charge in [0.15, 0.2) is 0 Å². The van der Waals surface area contributed by atoms with Crippen LogP contribution in [0.4, 0.5) is 0 Å². The maximum atomic E-state index is 5.43. The van der Waals surface area contributed by atoms with Crippen LogP contribution in [-0.4, -0.2) is 30.8 Å². The molecule has 1 unspecified atom stereocenters. The topological polar surface area (TPSA) is 34.1 Å². The molecule has 0 saturated heterocycles. The Balaban J connectivity index is 2.39. The second-order valence-electron chi connectivity index (χ2n) is 4.20. The molecule has 96 valence electrons. The molecule has 3 heteroatoms. The maximum absolute atomic E-state index is 5.43. The Morgan fingerprint density at radius 2 is 2.29 bits per heavy atom. The van der Waals surface area contributed by atoms with E-state index in [-0.39, 0.29) is 0 Å². The van der Waals surface area contributed by atoms with Crippen LogP contribution in [0.1, 0.15) is 32.3 Å². The Morgan fingerprint density at radius 1 is 1.41 bits per heavy atom. The lowest BCUT2D eigenvalue weighted by Crippen LogP contribution is -2.33. The molecule has 0 bridgehead atoms. The molecule has 0 fully saturated rings. The maximum Gasteiger partial charge on any atom is 0.0480 e. The minimum Gasteiger partial charge on any atom is -0.382 e. The summed E-state index contributed by atoms with van der Waals surface area (Å²) in [6.45, 7) is 6.93. The van der Waals surface area contributed by atoms with Crippen LogP contribution in [0.3, 0.4) is 0 Å². The molecule has 1 rings (SSSR count). The second kappa shape index (κ2) is 9.14. The monoisotopic (exact) mass is 236 g/mol. The van der Waals surface area contributed by atoms with Crippen molar-refractivity contribution in [3.63, 3.8) is 0 Å². The first kappa shape index (κ1) is 14.1. The standard InChI is InChI=1S/C14H24N2O/c1-3-8-16-14(7-10-17-4-2)11-13-6-5-9-15-12-13/h5-6,9,12,14,16H,3-4,7-8,10-11H2,1-2H3. The second-order valence-corrected chi connectivity index (χ2v) is 4.20. The van der Waals surface area contributed by atoms with Crippen LogP contribution >= 0.6 is 0 Å². The summed E-state index contributed by atoms with van der Waals surface area (Å²) in [4.78, 5) is 4.16. The van der Waals surface area contributed by atoms with Gasteiger partial charge in [-0.1, -0.05) is 13.0 Å². The third-order valence-electron chi connectivity index (χ3n) is 2.70. The predicted molar refractivity (Wildman–Crippen MR) is 71.1 cm³/mol. The van der Waals surface area contributed by atoms with Gasteiger partial charge in [-0.3, -0.25) is 4.98 Å². The zero-order valence-electron chi connectivity index (χ0n) is 11.0. The van der Waals surface area contributed by atoms with Gasteiger partial charge in [0.1, 0.15) is 0 Å². The summed E-state index contributed by atoms with van der Waals surface area (Å²) in [5.41, 5.74) is 1.29. The first-order valence-electron chi connectivity index (χ1n) is 6.56. The molecule has 1 aromatic rings. The number of nitrogens with one attached hydrogen (secondary N) is 1. The van der Waals surface area contributed by atoms with E-state index in [1.165, 1.54) is 5.56 Å². The molecule has 0 aromatic carbocycles. The fraction of sp³-hybridized carbons (Fsp3) is 0.643. The van der Waals surface area contributed by atoms with E-state index < -0.39 is 0 Å². The molecular weight excluding hydrogens is 212 g/mol. The number of hydrogen-bond acceptors (Lipinski definition) is 3. The molecule has 0 aliphatic carbocycles. The van der Waals surface area contributed by atoms with E-state index in [9.17, 15) is 0 Å².